The summed E-state index contributed by atoms with van der Waals surface area (Å²) in [6.07, 6.45) is 26.8. The third-order valence-corrected chi connectivity index (χ3v) is 13.5. The van der Waals surface area contributed by atoms with Gasteiger partial charge in [-0.2, -0.15) is 0 Å². The number of aliphatic imine (C=N–C) groups is 1. The molecule has 4 N–H and O–H groups in total. The van der Waals surface area contributed by atoms with Crippen molar-refractivity contribution in [3.05, 3.63) is 0 Å². The number of rotatable bonds is 4. The second kappa shape index (κ2) is 10.8. The number of nitrogens with one attached hydrogen (secondary N) is 2. The van der Waals surface area contributed by atoms with Gasteiger partial charge in [0, 0.05) is 18.1 Å². The van der Waals surface area contributed by atoms with E-state index in [1.807, 2.05) is 0 Å². The minimum atomic E-state index is 0.356. The van der Waals surface area contributed by atoms with Crippen LogP contribution in [0.5, 0.6) is 0 Å². The summed E-state index contributed by atoms with van der Waals surface area (Å²) in [5, 5.41) is 15.6. The lowest BCUT2D eigenvalue weighted by Gasteiger charge is -2.64. The van der Waals surface area contributed by atoms with E-state index in [9.17, 15) is 5.41 Å². The van der Waals surface area contributed by atoms with E-state index >= 15 is 0 Å². The Morgan fingerprint density at radius 1 is 0.600 bits per heavy atom. The molecule has 10 aliphatic rings. The van der Waals surface area contributed by atoms with Gasteiger partial charge in [-0.25, -0.2) is 15.8 Å². The van der Waals surface area contributed by atoms with Gasteiger partial charge in [0.2, 0.25) is 11.9 Å². The Bertz CT molecular complexity index is 865. The van der Waals surface area contributed by atoms with Crippen molar-refractivity contribution in [3.8, 4) is 0 Å². The van der Waals surface area contributed by atoms with Crippen molar-refractivity contribution in [2.75, 3.05) is 0 Å². The first-order valence-corrected chi connectivity index (χ1v) is 17.8. The van der Waals surface area contributed by atoms with Crippen LogP contribution < -0.4 is 11.2 Å². The van der Waals surface area contributed by atoms with Crippen molar-refractivity contribution in [2.24, 2.45) is 58.2 Å². The average molecular weight is 549 g/mol. The lowest BCUT2D eigenvalue weighted by atomic mass is 9.51. The molecule has 0 aromatic carbocycles. The molecular formula is C34H56N6. The summed E-state index contributed by atoms with van der Waals surface area (Å²) in [4.78, 5) is 8.07. The normalized spacial score (nSPS) is 44.7. The molecular weight excluding hydrogens is 492 g/mol. The molecule has 10 saturated carbocycles. The molecule has 0 unspecified atom stereocenters. The summed E-state index contributed by atoms with van der Waals surface area (Å²) in [6, 6.07) is 1.86. The van der Waals surface area contributed by atoms with E-state index in [2.05, 4.69) is 10.2 Å². The van der Waals surface area contributed by atoms with E-state index in [-0.39, 0.29) is 0 Å². The van der Waals surface area contributed by atoms with Crippen LogP contribution in [0.4, 0.5) is 0 Å². The molecule has 0 heterocycles. The van der Waals surface area contributed by atoms with Gasteiger partial charge in [-0.1, -0.05) is 38.5 Å². The van der Waals surface area contributed by atoms with Crippen LogP contribution in [0, 0.1) is 52.8 Å². The van der Waals surface area contributed by atoms with Gasteiger partial charge in [0.1, 0.15) is 0 Å². The Balaban J connectivity index is 1.12. The Hall–Kier alpha value is -1.30. The van der Waals surface area contributed by atoms with Crippen molar-refractivity contribution in [2.45, 2.75) is 153 Å². The summed E-state index contributed by atoms with van der Waals surface area (Å²) in [5.74, 6) is 15.5. The molecule has 0 aliphatic heterocycles. The molecule has 0 saturated heterocycles. The van der Waals surface area contributed by atoms with Crippen LogP contribution in [0.25, 0.3) is 0 Å². The van der Waals surface area contributed by atoms with Gasteiger partial charge in [0.25, 0.3) is 0 Å². The molecule has 0 amide bonds. The van der Waals surface area contributed by atoms with E-state index in [1.165, 1.54) is 128 Å². The molecule has 8 bridgehead atoms. The maximum atomic E-state index is 9.98. The zero-order chi connectivity index (χ0) is 26.8. The van der Waals surface area contributed by atoms with Crippen LogP contribution in [-0.4, -0.2) is 46.0 Å². The average Bonchev–Trinajstić information content (AvgIpc) is 2.95. The standard InChI is InChI=1S/C34H56N6/c35-33(40(36)34(37-29-7-3-1-4-8-29)38-30-9-5-2-6-10-30)39(31-25-13-21-11-22(15-25)16-26(31)14-21)32-27-17-23-12-24(19-27)20-28(32)18-23/h21-32,35H,1-20,36H2,(H,37,38). The first kappa shape index (κ1) is 26.3. The highest BCUT2D eigenvalue weighted by atomic mass is 15.6. The first-order chi connectivity index (χ1) is 19.6. The van der Waals surface area contributed by atoms with Crippen molar-refractivity contribution < 1.29 is 0 Å². The van der Waals surface area contributed by atoms with E-state index in [0.29, 0.717) is 30.1 Å². The number of nitrogens with two attached hydrogens (primary N) is 1. The van der Waals surface area contributed by atoms with Gasteiger partial charge in [-0.3, -0.25) is 5.41 Å². The van der Waals surface area contributed by atoms with Gasteiger partial charge in [-0.05, 0) is 137 Å². The van der Waals surface area contributed by atoms with Crippen LogP contribution >= 0.6 is 0 Å². The van der Waals surface area contributed by atoms with Crippen LogP contribution in [0.3, 0.4) is 0 Å². The summed E-state index contributed by atoms with van der Waals surface area (Å²) < 4.78 is 0. The highest BCUT2D eigenvalue weighted by Gasteiger charge is 2.57. The monoisotopic (exact) mass is 548 g/mol. The van der Waals surface area contributed by atoms with Crippen LogP contribution in [0.1, 0.15) is 128 Å². The van der Waals surface area contributed by atoms with Gasteiger partial charge >= 0.3 is 0 Å². The lowest BCUT2D eigenvalue weighted by Crippen LogP contribution is -2.69. The van der Waals surface area contributed by atoms with Gasteiger partial charge in [-0.15, -0.1) is 0 Å². The van der Waals surface area contributed by atoms with Crippen molar-refractivity contribution in [3.63, 3.8) is 0 Å². The molecule has 0 aromatic rings. The molecule has 0 aromatic heterocycles. The quantitative estimate of drug-likeness (QED) is 0.159. The minimum Gasteiger partial charge on any atom is -0.352 e. The number of guanidine groups is 2. The van der Waals surface area contributed by atoms with Crippen molar-refractivity contribution >= 4 is 11.9 Å². The molecule has 0 radical (unpaired) electrons. The fourth-order valence-corrected chi connectivity index (χ4v) is 12.4. The van der Waals surface area contributed by atoms with E-state index in [0.717, 1.165) is 53.3 Å². The third kappa shape index (κ3) is 4.80. The maximum absolute atomic E-state index is 9.98. The maximum Gasteiger partial charge on any atom is 0.216 e. The van der Waals surface area contributed by atoms with Crippen LogP contribution in [0.2, 0.25) is 0 Å². The fourth-order valence-electron chi connectivity index (χ4n) is 12.4. The number of hydrogen-bond acceptors (Lipinski definition) is 3. The van der Waals surface area contributed by atoms with Crippen molar-refractivity contribution in [1.29, 1.82) is 5.41 Å². The molecule has 6 heteroatoms. The Morgan fingerprint density at radius 3 is 1.48 bits per heavy atom. The second-order valence-corrected chi connectivity index (χ2v) is 16.2. The SMILES string of the molecule is N=C(N(N)C(=NC1CCCCC1)NC1CCCCC1)N(C1C2CC3CC(C2)CC1C3)C1C2CC3CC(C2)CC1C3. The highest BCUT2D eigenvalue weighted by Crippen LogP contribution is 2.59. The zero-order valence-corrected chi connectivity index (χ0v) is 25.0. The van der Waals surface area contributed by atoms with Crippen molar-refractivity contribution in [1.82, 2.24) is 15.2 Å². The van der Waals surface area contributed by atoms with Crippen LogP contribution in [-0.2, 0) is 0 Å². The summed E-state index contributed by atoms with van der Waals surface area (Å²) in [5.41, 5.74) is 0. The number of hydrazine groups is 1. The van der Waals surface area contributed by atoms with E-state index < -0.39 is 0 Å². The second-order valence-electron chi connectivity index (χ2n) is 16.2. The predicted octanol–water partition coefficient (Wildman–Crippen LogP) is 6.66. The molecule has 40 heavy (non-hydrogen) atoms. The van der Waals surface area contributed by atoms with E-state index in [4.69, 9.17) is 10.8 Å². The van der Waals surface area contributed by atoms with Gasteiger partial charge < -0.3 is 10.2 Å². The Labute approximate surface area is 243 Å². The Kier molecular flexibility index (Phi) is 7.08. The third-order valence-electron chi connectivity index (χ3n) is 13.5. The summed E-state index contributed by atoms with van der Waals surface area (Å²) in [6.45, 7) is 0. The summed E-state index contributed by atoms with van der Waals surface area (Å²) >= 11 is 0. The molecule has 10 aliphatic carbocycles. The highest BCUT2D eigenvalue weighted by molar-refractivity contribution is 5.97. The Morgan fingerprint density at radius 2 is 1.02 bits per heavy atom. The van der Waals surface area contributed by atoms with Gasteiger partial charge in [0.05, 0.1) is 6.04 Å². The minimum absolute atomic E-state index is 0.356. The molecule has 10 fully saturated rings. The molecule has 222 valence electrons. The fraction of sp³-hybridized carbons (Fsp3) is 0.941. The lowest BCUT2D eigenvalue weighted by molar-refractivity contribution is -0.109. The zero-order valence-electron chi connectivity index (χ0n) is 25.0. The first-order valence-electron chi connectivity index (χ1n) is 17.8. The largest absolute Gasteiger partial charge is 0.352 e. The van der Waals surface area contributed by atoms with E-state index in [1.54, 1.807) is 5.01 Å². The summed E-state index contributed by atoms with van der Waals surface area (Å²) in [7, 11) is 0. The predicted molar refractivity (Wildman–Crippen MR) is 162 cm³/mol. The molecule has 6 nitrogen and oxygen atoms in total. The molecule has 0 atom stereocenters. The molecule has 0 spiro atoms. The number of nitrogens with zero attached hydrogens (tertiary/aromatic N) is 3. The smallest absolute Gasteiger partial charge is 0.216 e. The van der Waals surface area contributed by atoms with Crippen LogP contribution in [0.15, 0.2) is 4.99 Å². The number of hydrogen-bond donors (Lipinski definition) is 3. The molecule has 10 rings (SSSR count). The van der Waals surface area contributed by atoms with Gasteiger partial charge in [0.15, 0.2) is 0 Å². The topological polar surface area (TPSA) is 80.7 Å².